The van der Waals surface area contributed by atoms with Gasteiger partial charge in [0.05, 0.1) is 0 Å². The number of imidazole rings is 1. The van der Waals surface area contributed by atoms with Crippen molar-refractivity contribution in [3.8, 4) is 11.3 Å². The number of rotatable bonds is 7. The van der Waals surface area contributed by atoms with Gasteiger partial charge in [-0.3, -0.25) is 4.40 Å². The van der Waals surface area contributed by atoms with Gasteiger partial charge in [-0.2, -0.15) is 11.3 Å². The molecule has 0 saturated heterocycles. The molecular formula is C20H28ClN3S. The van der Waals surface area contributed by atoms with Crippen LogP contribution >= 0.6 is 23.7 Å². The number of unbranched alkanes of at least 4 members (excludes halogenated alkanes) is 2. The molecule has 0 aliphatic carbocycles. The van der Waals surface area contributed by atoms with Gasteiger partial charge in [-0.05, 0) is 56.3 Å². The SMILES string of the molecule is CCCCCC(C)(C)Nc1c(-c2ccsc2)nc2cc(C)ccn12.Cl. The molecule has 0 aliphatic heterocycles. The van der Waals surface area contributed by atoms with Crippen LogP contribution in [0.1, 0.15) is 52.0 Å². The first-order valence-corrected chi connectivity index (χ1v) is 9.74. The summed E-state index contributed by atoms with van der Waals surface area (Å²) >= 11 is 1.71. The van der Waals surface area contributed by atoms with E-state index in [9.17, 15) is 0 Å². The topological polar surface area (TPSA) is 29.3 Å². The Hall–Kier alpha value is -1.52. The van der Waals surface area contributed by atoms with Gasteiger partial charge in [-0.1, -0.05) is 26.2 Å². The number of aryl methyl sites for hydroxylation is 1. The molecule has 5 heteroatoms. The average Bonchev–Trinajstić information content (AvgIpc) is 3.15. The number of hydrogen-bond donors (Lipinski definition) is 1. The lowest BCUT2D eigenvalue weighted by Crippen LogP contribution is -2.31. The van der Waals surface area contributed by atoms with E-state index in [2.05, 4.69) is 72.6 Å². The fourth-order valence-electron chi connectivity index (χ4n) is 3.07. The summed E-state index contributed by atoms with van der Waals surface area (Å²) in [6.07, 6.45) is 7.07. The first kappa shape index (κ1) is 19.8. The van der Waals surface area contributed by atoms with Gasteiger partial charge in [0.2, 0.25) is 0 Å². The van der Waals surface area contributed by atoms with Crippen LogP contribution in [0.15, 0.2) is 35.2 Å². The van der Waals surface area contributed by atoms with E-state index < -0.39 is 0 Å². The predicted octanol–water partition coefficient (Wildman–Crippen LogP) is 6.56. The molecule has 0 amide bonds. The molecule has 3 heterocycles. The highest BCUT2D eigenvalue weighted by Gasteiger charge is 2.22. The third kappa shape index (κ3) is 4.56. The summed E-state index contributed by atoms with van der Waals surface area (Å²) in [5, 5.41) is 8.06. The minimum Gasteiger partial charge on any atom is -0.364 e. The van der Waals surface area contributed by atoms with Gasteiger partial charge >= 0.3 is 0 Å². The molecule has 0 bridgehead atoms. The summed E-state index contributed by atoms with van der Waals surface area (Å²) in [5.41, 5.74) is 4.51. The Balaban J connectivity index is 0.00000225. The van der Waals surface area contributed by atoms with Gasteiger partial charge in [0, 0.05) is 22.7 Å². The van der Waals surface area contributed by atoms with E-state index in [0.29, 0.717) is 0 Å². The second kappa shape index (κ2) is 8.24. The molecule has 0 unspecified atom stereocenters. The molecule has 0 saturated carbocycles. The zero-order chi connectivity index (χ0) is 17.2. The summed E-state index contributed by atoms with van der Waals surface area (Å²) in [6, 6.07) is 6.43. The van der Waals surface area contributed by atoms with E-state index in [0.717, 1.165) is 23.6 Å². The second-order valence-electron chi connectivity index (χ2n) is 7.22. The van der Waals surface area contributed by atoms with Crippen molar-refractivity contribution in [3.05, 3.63) is 40.7 Å². The maximum atomic E-state index is 4.90. The number of nitrogens with zero attached hydrogens (tertiary/aromatic N) is 2. The fourth-order valence-corrected chi connectivity index (χ4v) is 3.71. The molecule has 25 heavy (non-hydrogen) atoms. The monoisotopic (exact) mass is 377 g/mol. The van der Waals surface area contributed by atoms with Crippen LogP contribution in [0.3, 0.4) is 0 Å². The Kier molecular flexibility index (Phi) is 6.53. The Labute approximate surface area is 160 Å². The molecule has 0 spiro atoms. The van der Waals surface area contributed by atoms with Crippen molar-refractivity contribution in [1.29, 1.82) is 0 Å². The van der Waals surface area contributed by atoms with Gasteiger partial charge in [-0.15, -0.1) is 12.4 Å². The molecule has 0 fully saturated rings. The zero-order valence-corrected chi connectivity index (χ0v) is 17.1. The van der Waals surface area contributed by atoms with Crippen molar-refractivity contribution in [1.82, 2.24) is 9.38 Å². The summed E-state index contributed by atoms with van der Waals surface area (Å²) < 4.78 is 2.18. The van der Waals surface area contributed by atoms with Crippen molar-refractivity contribution < 1.29 is 0 Å². The second-order valence-corrected chi connectivity index (χ2v) is 8.00. The van der Waals surface area contributed by atoms with Crippen LogP contribution in [0, 0.1) is 6.92 Å². The Morgan fingerprint density at radius 1 is 1.24 bits per heavy atom. The highest BCUT2D eigenvalue weighted by Crippen LogP contribution is 2.33. The Morgan fingerprint density at radius 2 is 2.04 bits per heavy atom. The lowest BCUT2D eigenvalue weighted by molar-refractivity contribution is 0.482. The van der Waals surface area contributed by atoms with Crippen LogP contribution < -0.4 is 5.32 Å². The van der Waals surface area contributed by atoms with Gasteiger partial charge in [0.25, 0.3) is 0 Å². The van der Waals surface area contributed by atoms with Crippen molar-refractivity contribution in [2.24, 2.45) is 0 Å². The lowest BCUT2D eigenvalue weighted by Gasteiger charge is -2.28. The molecule has 0 aromatic carbocycles. The highest BCUT2D eigenvalue weighted by molar-refractivity contribution is 7.08. The molecule has 3 aromatic rings. The van der Waals surface area contributed by atoms with Crippen LogP contribution in [-0.4, -0.2) is 14.9 Å². The van der Waals surface area contributed by atoms with Crippen LogP contribution in [0.25, 0.3) is 16.9 Å². The van der Waals surface area contributed by atoms with E-state index in [4.69, 9.17) is 4.98 Å². The van der Waals surface area contributed by atoms with Crippen LogP contribution in [0.2, 0.25) is 0 Å². The molecule has 136 valence electrons. The number of thiophene rings is 1. The summed E-state index contributed by atoms with van der Waals surface area (Å²) in [4.78, 5) is 4.90. The smallest absolute Gasteiger partial charge is 0.139 e. The molecular weight excluding hydrogens is 350 g/mol. The first-order chi connectivity index (χ1) is 11.5. The number of halogens is 1. The normalized spacial score (nSPS) is 11.5. The molecule has 0 atom stereocenters. The van der Waals surface area contributed by atoms with E-state index in [1.807, 2.05) is 0 Å². The highest BCUT2D eigenvalue weighted by atomic mass is 35.5. The van der Waals surface area contributed by atoms with Crippen molar-refractivity contribution in [2.75, 3.05) is 5.32 Å². The summed E-state index contributed by atoms with van der Waals surface area (Å²) in [6.45, 7) is 8.93. The van der Waals surface area contributed by atoms with Crippen LogP contribution in [0.4, 0.5) is 5.82 Å². The van der Waals surface area contributed by atoms with E-state index in [-0.39, 0.29) is 17.9 Å². The molecule has 3 rings (SSSR count). The fraction of sp³-hybridized carbons (Fsp3) is 0.450. The van der Waals surface area contributed by atoms with E-state index in [1.165, 1.54) is 30.4 Å². The maximum absolute atomic E-state index is 4.90. The molecule has 1 N–H and O–H groups in total. The van der Waals surface area contributed by atoms with Crippen molar-refractivity contribution in [3.63, 3.8) is 0 Å². The van der Waals surface area contributed by atoms with Gasteiger partial charge in [0.1, 0.15) is 17.2 Å². The number of fused-ring (bicyclic) bond motifs is 1. The Morgan fingerprint density at radius 3 is 2.72 bits per heavy atom. The average molecular weight is 378 g/mol. The zero-order valence-electron chi connectivity index (χ0n) is 15.5. The van der Waals surface area contributed by atoms with Crippen molar-refractivity contribution in [2.45, 2.75) is 58.9 Å². The minimum absolute atomic E-state index is 0. The summed E-state index contributed by atoms with van der Waals surface area (Å²) in [7, 11) is 0. The van der Waals surface area contributed by atoms with E-state index in [1.54, 1.807) is 11.3 Å². The lowest BCUT2D eigenvalue weighted by atomic mass is 9.96. The van der Waals surface area contributed by atoms with Crippen molar-refractivity contribution >= 4 is 35.2 Å². The number of nitrogens with one attached hydrogen (secondary N) is 1. The molecule has 0 radical (unpaired) electrons. The minimum atomic E-state index is 0. The van der Waals surface area contributed by atoms with Crippen LogP contribution in [-0.2, 0) is 0 Å². The largest absolute Gasteiger partial charge is 0.364 e. The quantitative estimate of drug-likeness (QED) is 0.472. The molecule has 3 aromatic heterocycles. The third-order valence-electron chi connectivity index (χ3n) is 4.44. The van der Waals surface area contributed by atoms with Crippen LogP contribution in [0.5, 0.6) is 0 Å². The maximum Gasteiger partial charge on any atom is 0.139 e. The van der Waals surface area contributed by atoms with Gasteiger partial charge in [-0.25, -0.2) is 4.98 Å². The molecule has 3 nitrogen and oxygen atoms in total. The van der Waals surface area contributed by atoms with Gasteiger partial charge in [0.15, 0.2) is 0 Å². The number of aromatic nitrogens is 2. The predicted molar refractivity (Wildman–Crippen MR) is 112 cm³/mol. The number of pyridine rings is 1. The first-order valence-electron chi connectivity index (χ1n) is 8.79. The van der Waals surface area contributed by atoms with Gasteiger partial charge < -0.3 is 5.32 Å². The standard InChI is InChI=1S/C20H27N3S.ClH/c1-5-6-7-10-20(3,4)22-19-18(16-9-12-24-14-16)21-17-13-15(2)8-11-23(17)19;/h8-9,11-14,22H,5-7,10H2,1-4H3;1H. The Bertz CT molecular complexity index is 806. The number of anilines is 1. The summed E-state index contributed by atoms with van der Waals surface area (Å²) in [5.74, 6) is 1.10. The molecule has 0 aliphatic rings. The third-order valence-corrected chi connectivity index (χ3v) is 5.12. The number of hydrogen-bond acceptors (Lipinski definition) is 3. The van der Waals surface area contributed by atoms with E-state index >= 15 is 0 Å².